The lowest BCUT2D eigenvalue weighted by Gasteiger charge is -2.17. The summed E-state index contributed by atoms with van der Waals surface area (Å²) in [6, 6.07) is 12.0. The van der Waals surface area contributed by atoms with Gasteiger partial charge in [-0.2, -0.15) is 0 Å². The molecule has 0 bridgehead atoms. The molecule has 0 radical (unpaired) electrons. The van der Waals surface area contributed by atoms with E-state index < -0.39 is 6.10 Å². The maximum absolute atomic E-state index is 12.0. The minimum Gasteiger partial charge on any atom is -0.508 e. The Bertz CT molecular complexity index is 762. The molecule has 2 aromatic carbocycles. The molecule has 0 aromatic heterocycles. The van der Waals surface area contributed by atoms with Gasteiger partial charge in [-0.25, -0.2) is 0 Å². The maximum Gasteiger partial charge on any atom is 0.248 e. The van der Waals surface area contributed by atoms with Crippen LogP contribution in [0.2, 0.25) is 0 Å². The van der Waals surface area contributed by atoms with E-state index in [4.69, 9.17) is 5.73 Å². The number of rotatable bonds is 5. The summed E-state index contributed by atoms with van der Waals surface area (Å²) in [5.74, 6) is -0.656. The molecule has 5 N–H and O–H groups in total. The van der Waals surface area contributed by atoms with E-state index in [9.17, 15) is 15.0 Å². The number of para-hydroxylation sites is 2. The fraction of sp³-hybridized carbons (Fsp3) is 0.167. The van der Waals surface area contributed by atoms with Crippen molar-refractivity contribution in [1.29, 1.82) is 0 Å². The van der Waals surface area contributed by atoms with Gasteiger partial charge in [0.05, 0.1) is 17.5 Å². The van der Waals surface area contributed by atoms with Crippen LogP contribution in [-0.4, -0.2) is 16.1 Å². The van der Waals surface area contributed by atoms with E-state index in [1.165, 1.54) is 6.08 Å². The molecule has 0 aliphatic rings. The molecule has 0 fully saturated rings. The second kappa shape index (κ2) is 8.16. The van der Waals surface area contributed by atoms with Crippen molar-refractivity contribution in [1.82, 2.24) is 0 Å². The number of amides is 1. The molecule has 0 heterocycles. The molecule has 0 spiro atoms. The maximum atomic E-state index is 12.0. The summed E-state index contributed by atoms with van der Waals surface area (Å²) >= 11 is 2.11. The number of benzene rings is 2. The van der Waals surface area contributed by atoms with Gasteiger partial charge in [0.1, 0.15) is 5.75 Å². The third-order valence-corrected chi connectivity index (χ3v) is 4.25. The molecule has 24 heavy (non-hydrogen) atoms. The summed E-state index contributed by atoms with van der Waals surface area (Å²) in [5.41, 5.74) is 7.23. The first-order valence-electron chi connectivity index (χ1n) is 7.38. The van der Waals surface area contributed by atoms with E-state index in [1.54, 1.807) is 55.5 Å². The number of carbonyl (C=O) groups is 1. The highest BCUT2D eigenvalue weighted by Crippen LogP contribution is 2.31. The zero-order chi connectivity index (χ0) is 17.7. The van der Waals surface area contributed by atoms with Crippen LogP contribution in [0, 0.1) is 9.49 Å². The van der Waals surface area contributed by atoms with Crippen molar-refractivity contribution in [2.75, 3.05) is 11.1 Å². The first-order chi connectivity index (χ1) is 11.4. The number of aliphatic hydroxyl groups excluding tert-OH is 1. The summed E-state index contributed by atoms with van der Waals surface area (Å²) in [5, 5.41) is 22.9. The smallest absolute Gasteiger partial charge is 0.248 e. The van der Waals surface area contributed by atoms with Gasteiger partial charge in [0.2, 0.25) is 5.91 Å². The van der Waals surface area contributed by atoms with Gasteiger partial charge in [-0.1, -0.05) is 25.1 Å². The minimum atomic E-state index is -0.912. The number of anilines is 2. The zero-order valence-electron chi connectivity index (χ0n) is 13.1. The number of phenolic OH excluding ortho intramolecular Hbond substituents is 1. The molecular formula is C18H19IN2O3. The Morgan fingerprint density at radius 1 is 1.29 bits per heavy atom. The van der Waals surface area contributed by atoms with Crippen molar-refractivity contribution in [2.24, 2.45) is 5.92 Å². The first-order valence-corrected chi connectivity index (χ1v) is 8.46. The molecule has 2 rings (SSSR count). The van der Waals surface area contributed by atoms with Gasteiger partial charge >= 0.3 is 0 Å². The summed E-state index contributed by atoms with van der Waals surface area (Å²) in [4.78, 5) is 12.0. The van der Waals surface area contributed by atoms with Crippen LogP contribution in [0.5, 0.6) is 5.75 Å². The van der Waals surface area contributed by atoms with Crippen LogP contribution in [0.15, 0.2) is 54.6 Å². The largest absolute Gasteiger partial charge is 0.508 e. The van der Waals surface area contributed by atoms with Crippen molar-refractivity contribution in [3.05, 3.63) is 63.8 Å². The lowest BCUT2D eigenvalue weighted by molar-refractivity contribution is -0.111. The molecule has 0 unspecified atom stereocenters. The number of aliphatic hydroxyl groups is 1. The number of phenols is 1. The lowest BCUT2D eigenvalue weighted by Crippen LogP contribution is -2.12. The minimum absolute atomic E-state index is 0.0321. The Balaban J connectivity index is 2.04. The van der Waals surface area contributed by atoms with Gasteiger partial charge in [0.15, 0.2) is 0 Å². The van der Waals surface area contributed by atoms with Crippen molar-refractivity contribution in [2.45, 2.75) is 13.0 Å². The third-order valence-electron chi connectivity index (χ3n) is 3.58. The van der Waals surface area contributed by atoms with Gasteiger partial charge in [0, 0.05) is 15.1 Å². The average molecular weight is 438 g/mol. The number of hydrogen-bond acceptors (Lipinski definition) is 4. The Hall–Kier alpha value is -2.06. The third kappa shape index (κ3) is 4.72. The number of nitrogens with two attached hydrogens (primary N) is 1. The highest BCUT2D eigenvalue weighted by Gasteiger charge is 2.18. The van der Waals surface area contributed by atoms with Gasteiger partial charge < -0.3 is 21.3 Å². The van der Waals surface area contributed by atoms with Crippen LogP contribution in [0.25, 0.3) is 0 Å². The van der Waals surface area contributed by atoms with E-state index in [1.807, 2.05) is 0 Å². The van der Waals surface area contributed by atoms with Gasteiger partial charge in [-0.05, 0) is 59.0 Å². The number of nitrogens with one attached hydrogen (secondary N) is 1. The number of carbonyl (C=O) groups excluding carboxylic acids is 1. The van der Waals surface area contributed by atoms with Gasteiger partial charge in [0.25, 0.3) is 0 Å². The first kappa shape index (κ1) is 18.3. The Morgan fingerprint density at radius 2 is 2.00 bits per heavy atom. The Morgan fingerprint density at radius 3 is 2.71 bits per heavy atom. The fourth-order valence-corrected chi connectivity index (χ4v) is 2.69. The second-order valence-corrected chi connectivity index (χ2v) is 6.69. The lowest BCUT2D eigenvalue weighted by atomic mass is 9.96. The van der Waals surface area contributed by atoms with E-state index in [-0.39, 0.29) is 17.6 Å². The van der Waals surface area contributed by atoms with Gasteiger partial charge in [-0.3, -0.25) is 4.79 Å². The number of halogens is 1. The van der Waals surface area contributed by atoms with Crippen LogP contribution in [-0.2, 0) is 4.79 Å². The van der Waals surface area contributed by atoms with Crippen LogP contribution in [0.4, 0.5) is 11.4 Å². The molecule has 5 nitrogen and oxygen atoms in total. The highest BCUT2D eigenvalue weighted by atomic mass is 127. The fourth-order valence-electron chi connectivity index (χ4n) is 2.18. The van der Waals surface area contributed by atoms with Crippen LogP contribution in [0.3, 0.4) is 0 Å². The van der Waals surface area contributed by atoms with Crippen LogP contribution >= 0.6 is 22.6 Å². The molecule has 0 saturated heterocycles. The van der Waals surface area contributed by atoms with Crippen molar-refractivity contribution in [3.63, 3.8) is 0 Å². The summed E-state index contributed by atoms with van der Waals surface area (Å²) in [6.07, 6.45) is 2.04. The summed E-state index contributed by atoms with van der Waals surface area (Å²) < 4.78 is 0.910. The van der Waals surface area contributed by atoms with E-state index >= 15 is 0 Å². The molecule has 0 aliphatic heterocycles. The molecule has 0 aliphatic carbocycles. The number of hydrogen-bond donors (Lipinski definition) is 4. The average Bonchev–Trinajstić information content (AvgIpc) is 2.56. The van der Waals surface area contributed by atoms with Gasteiger partial charge in [-0.15, -0.1) is 0 Å². The Labute approximate surface area is 154 Å². The van der Waals surface area contributed by atoms with Crippen molar-refractivity contribution in [3.8, 4) is 5.75 Å². The molecule has 2 atom stereocenters. The molecular weight excluding hydrogens is 419 g/mol. The topological polar surface area (TPSA) is 95.6 Å². The van der Waals surface area contributed by atoms with Crippen molar-refractivity contribution < 1.29 is 15.0 Å². The van der Waals surface area contributed by atoms with Crippen LogP contribution in [0.1, 0.15) is 18.6 Å². The molecule has 1 amide bonds. The Kier molecular flexibility index (Phi) is 6.22. The van der Waals surface area contributed by atoms with E-state index in [2.05, 4.69) is 27.9 Å². The van der Waals surface area contributed by atoms with E-state index in [0.29, 0.717) is 16.9 Å². The summed E-state index contributed by atoms with van der Waals surface area (Å²) in [7, 11) is 0. The molecule has 0 saturated carbocycles. The quantitative estimate of drug-likeness (QED) is 0.327. The predicted octanol–water partition coefficient (Wildman–Crippen LogP) is 3.44. The van der Waals surface area contributed by atoms with Crippen LogP contribution < -0.4 is 11.1 Å². The predicted molar refractivity (Wildman–Crippen MR) is 104 cm³/mol. The number of aromatic hydroxyl groups is 1. The normalized spacial score (nSPS) is 13.6. The zero-order valence-corrected chi connectivity index (χ0v) is 15.3. The number of nitrogen functional groups attached to an aromatic ring is 1. The SMILES string of the molecule is C[C@H](/C=C/C(=O)Nc1ccccc1N)[C@H](O)c1cc(I)ccc1O. The van der Waals surface area contributed by atoms with E-state index in [0.717, 1.165) is 3.57 Å². The van der Waals surface area contributed by atoms with Crippen molar-refractivity contribution >= 4 is 39.9 Å². The highest BCUT2D eigenvalue weighted by molar-refractivity contribution is 14.1. The standard InChI is InChI=1S/C18H19IN2O3/c1-11(18(24)13-10-12(19)7-8-16(13)22)6-9-17(23)21-15-5-3-2-4-14(15)20/h2-11,18,22,24H,20H2,1H3,(H,21,23)/b9-6+/t11-,18+/m1/s1. The summed E-state index contributed by atoms with van der Waals surface area (Å²) in [6.45, 7) is 1.77. The second-order valence-electron chi connectivity index (χ2n) is 5.44. The molecule has 126 valence electrons. The molecule has 2 aromatic rings. The molecule has 6 heteroatoms. The monoisotopic (exact) mass is 438 g/mol.